The Morgan fingerprint density at radius 3 is 2.62 bits per heavy atom. The molecule has 0 amide bonds. The van der Waals surface area contributed by atoms with Gasteiger partial charge >= 0.3 is 12.3 Å². The minimum absolute atomic E-state index is 0.0237. The van der Waals surface area contributed by atoms with Gasteiger partial charge in [0.25, 0.3) is 0 Å². The molecule has 2 heterocycles. The molecule has 11 heteroatoms. The molecule has 0 unspecified atom stereocenters. The predicted octanol–water partition coefficient (Wildman–Crippen LogP) is 4.69. The first-order valence-corrected chi connectivity index (χ1v) is 10.7. The van der Waals surface area contributed by atoms with Crippen LogP contribution in [0.4, 0.5) is 8.78 Å². The van der Waals surface area contributed by atoms with E-state index in [4.69, 9.17) is 30.6 Å². The van der Waals surface area contributed by atoms with Crippen LogP contribution in [0.5, 0.6) is 17.2 Å². The lowest BCUT2D eigenvalue weighted by atomic mass is 9.82. The molecule has 0 saturated heterocycles. The molecule has 2 aromatic carbocycles. The summed E-state index contributed by atoms with van der Waals surface area (Å²) in [4.78, 5) is 23.5. The van der Waals surface area contributed by atoms with Crippen molar-refractivity contribution in [1.82, 2.24) is 0 Å². The summed E-state index contributed by atoms with van der Waals surface area (Å²) in [5, 5.41) is 9.40. The number of benzene rings is 2. The highest BCUT2D eigenvalue weighted by Crippen LogP contribution is 2.47. The monoisotopic (exact) mass is 494 g/mol. The molecular weight excluding hydrogens is 478 g/mol. The molecule has 1 aromatic heterocycles. The van der Waals surface area contributed by atoms with Gasteiger partial charge < -0.3 is 28.5 Å². The normalized spacial score (nSPS) is 20.2. The highest BCUT2D eigenvalue weighted by Gasteiger charge is 2.44. The van der Waals surface area contributed by atoms with Crippen molar-refractivity contribution in [2.24, 2.45) is 5.92 Å². The molecule has 0 bridgehead atoms. The number of carbonyl (C=O) groups is 1. The fourth-order valence-corrected chi connectivity index (χ4v) is 4.05. The van der Waals surface area contributed by atoms with Gasteiger partial charge in [-0.3, -0.25) is 9.59 Å². The number of carboxylic acids is 1. The van der Waals surface area contributed by atoms with Crippen LogP contribution in [0, 0.1) is 5.92 Å². The van der Waals surface area contributed by atoms with Crippen LogP contribution < -0.4 is 19.6 Å². The molecule has 8 nitrogen and oxygen atoms in total. The number of halogens is 3. The highest BCUT2D eigenvalue weighted by molar-refractivity contribution is 6.34. The van der Waals surface area contributed by atoms with Crippen LogP contribution in [0.1, 0.15) is 12.8 Å². The molecule has 178 valence electrons. The average molecular weight is 495 g/mol. The zero-order chi connectivity index (χ0) is 24.0. The third kappa shape index (κ3) is 4.26. The molecule has 1 aliphatic carbocycles. The molecule has 1 fully saturated rings. The van der Waals surface area contributed by atoms with Gasteiger partial charge in [-0.1, -0.05) is 17.7 Å². The van der Waals surface area contributed by atoms with Gasteiger partial charge in [0.15, 0.2) is 22.5 Å². The Morgan fingerprint density at radius 1 is 1.15 bits per heavy atom. The van der Waals surface area contributed by atoms with Crippen molar-refractivity contribution in [1.29, 1.82) is 0 Å². The largest absolute Gasteiger partial charge is 0.586 e. The van der Waals surface area contributed by atoms with Gasteiger partial charge in [-0.05, 0) is 31.0 Å². The summed E-state index contributed by atoms with van der Waals surface area (Å²) < 4.78 is 53.4. The summed E-state index contributed by atoms with van der Waals surface area (Å²) in [6.45, 7) is 0.157. The van der Waals surface area contributed by atoms with Crippen LogP contribution in [0.3, 0.4) is 0 Å². The molecule has 34 heavy (non-hydrogen) atoms. The number of hydrogen-bond acceptors (Lipinski definition) is 7. The number of rotatable bonds is 7. The van der Waals surface area contributed by atoms with Crippen LogP contribution in [0.25, 0.3) is 22.3 Å². The Balaban J connectivity index is 1.42. The fourth-order valence-electron chi connectivity index (χ4n) is 3.83. The number of carboxylic acid groups (broad SMARTS) is 1. The minimum atomic E-state index is -3.85. The second-order valence-corrected chi connectivity index (χ2v) is 8.31. The summed E-state index contributed by atoms with van der Waals surface area (Å²) in [6, 6.07) is 8.38. The van der Waals surface area contributed by atoms with Crippen LogP contribution in [-0.4, -0.2) is 36.7 Å². The van der Waals surface area contributed by atoms with E-state index in [0.717, 1.165) is 0 Å². The van der Waals surface area contributed by atoms with Gasteiger partial charge in [0.05, 0.1) is 34.6 Å². The van der Waals surface area contributed by atoms with Crippen molar-refractivity contribution in [3.05, 3.63) is 51.6 Å². The van der Waals surface area contributed by atoms with E-state index in [1.54, 1.807) is 18.2 Å². The van der Waals surface area contributed by atoms with E-state index in [-0.39, 0.29) is 69.3 Å². The quantitative estimate of drug-likeness (QED) is 0.472. The zero-order valence-corrected chi connectivity index (χ0v) is 18.1. The molecule has 0 atom stereocenters. The predicted molar refractivity (Wildman–Crippen MR) is 115 cm³/mol. The Morgan fingerprint density at radius 2 is 1.88 bits per heavy atom. The molecule has 2 aliphatic rings. The topological polar surface area (TPSA) is 104 Å². The highest BCUT2D eigenvalue weighted by atomic mass is 35.5. The zero-order valence-electron chi connectivity index (χ0n) is 17.4. The second-order valence-electron chi connectivity index (χ2n) is 7.90. The maximum atomic E-state index is 13.6. The lowest BCUT2D eigenvalue weighted by Gasteiger charge is -2.32. The SMILES string of the molecule is O=c1cc(-c2cc3c(cc2OCCO[C@H]2C[C@@H](C(=O)O)C2)OC(F)(F)O3)oc2c(Cl)cccc12. The van der Waals surface area contributed by atoms with Crippen LogP contribution >= 0.6 is 11.6 Å². The van der Waals surface area contributed by atoms with Gasteiger partial charge in [0.2, 0.25) is 0 Å². The van der Waals surface area contributed by atoms with Crippen LogP contribution in [0.2, 0.25) is 5.02 Å². The van der Waals surface area contributed by atoms with E-state index in [9.17, 15) is 18.4 Å². The van der Waals surface area contributed by atoms with Crippen molar-refractivity contribution in [2.75, 3.05) is 13.2 Å². The summed E-state index contributed by atoms with van der Waals surface area (Å²) in [7, 11) is 0. The van der Waals surface area contributed by atoms with E-state index in [1.165, 1.54) is 18.2 Å². The Hall–Kier alpha value is -3.37. The summed E-state index contributed by atoms with van der Waals surface area (Å²) in [6.07, 6.45) is -3.19. The summed E-state index contributed by atoms with van der Waals surface area (Å²) in [5.74, 6) is -1.62. The lowest BCUT2D eigenvalue weighted by molar-refractivity contribution is -0.286. The van der Waals surface area contributed by atoms with Gasteiger partial charge in [0, 0.05) is 12.1 Å². The number of aliphatic carboxylic acids is 1. The van der Waals surface area contributed by atoms with Crippen LogP contribution in [-0.2, 0) is 9.53 Å². The van der Waals surface area contributed by atoms with Crippen molar-refractivity contribution in [3.8, 4) is 28.6 Å². The number of para-hydroxylation sites is 1. The van der Waals surface area contributed by atoms with Gasteiger partial charge in [-0.15, -0.1) is 8.78 Å². The third-order valence-corrected chi connectivity index (χ3v) is 5.91. The van der Waals surface area contributed by atoms with E-state index in [1.807, 2.05) is 0 Å². The molecule has 1 aliphatic heterocycles. The lowest BCUT2D eigenvalue weighted by Crippen LogP contribution is -2.37. The van der Waals surface area contributed by atoms with Gasteiger partial charge in [0.1, 0.15) is 18.1 Å². The van der Waals surface area contributed by atoms with E-state index in [2.05, 4.69) is 9.47 Å². The molecule has 1 saturated carbocycles. The first-order chi connectivity index (χ1) is 16.2. The fraction of sp³-hybridized carbons (Fsp3) is 0.304. The van der Waals surface area contributed by atoms with Crippen LogP contribution in [0.15, 0.2) is 45.6 Å². The van der Waals surface area contributed by atoms with E-state index < -0.39 is 18.2 Å². The van der Waals surface area contributed by atoms with E-state index >= 15 is 0 Å². The summed E-state index contributed by atoms with van der Waals surface area (Å²) in [5.41, 5.74) is -0.0653. The summed E-state index contributed by atoms with van der Waals surface area (Å²) >= 11 is 6.18. The average Bonchev–Trinajstić information content (AvgIpc) is 3.04. The maximum Gasteiger partial charge on any atom is 0.586 e. The second kappa shape index (κ2) is 8.44. The first kappa shape index (κ1) is 22.4. The first-order valence-electron chi connectivity index (χ1n) is 10.3. The smallest absolute Gasteiger partial charge is 0.490 e. The molecule has 3 aromatic rings. The molecule has 0 radical (unpaired) electrons. The standard InChI is InChI=1S/C23H17ClF2O8/c24-15-3-1-2-13-16(27)9-18(32-21(13)15)14-8-19-20(34-23(25,26)33-19)10-17(14)31-5-4-30-12-6-11(7-12)22(28)29/h1-3,8-12H,4-7H2,(H,28,29)/t11-,12+. The maximum absolute atomic E-state index is 13.6. The van der Waals surface area contributed by atoms with E-state index in [0.29, 0.717) is 12.8 Å². The van der Waals surface area contributed by atoms with Gasteiger partial charge in [-0.25, -0.2) is 0 Å². The van der Waals surface area contributed by atoms with Crippen molar-refractivity contribution in [3.63, 3.8) is 0 Å². The van der Waals surface area contributed by atoms with Crippen molar-refractivity contribution < 1.29 is 42.0 Å². The number of hydrogen-bond donors (Lipinski definition) is 1. The molecule has 5 rings (SSSR count). The molecular formula is C23H17ClF2O8. The Kier molecular flexibility index (Phi) is 5.57. The van der Waals surface area contributed by atoms with Gasteiger partial charge in [-0.2, -0.15) is 0 Å². The number of ether oxygens (including phenoxy) is 4. The Labute approximate surface area is 195 Å². The Bertz CT molecular complexity index is 1330. The minimum Gasteiger partial charge on any atom is -0.490 e. The molecule has 1 N–H and O–H groups in total. The number of fused-ring (bicyclic) bond motifs is 2. The van der Waals surface area contributed by atoms with Crippen molar-refractivity contribution >= 4 is 28.5 Å². The third-order valence-electron chi connectivity index (χ3n) is 5.61. The van der Waals surface area contributed by atoms with Crippen molar-refractivity contribution in [2.45, 2.75) is 25.2 Å². The molecule has 0 spiro atoms. The number of alkyl halides is 2.